The molecule has 0 aliphatic carbocycles. The zero-order valence-corrected chi connectivity index (χ0v) is 10.3. The van der Waals surface area contributed by atoms with Crippen LogP contribution in [0.25, 0.3) is 0 Å². The van der Waals surface area contributed by atoms with Gasteiger partial charge in [0, 0.05) is 31.7 Å². The van der Waals surface area contributed by atoms with E-state index in [9.17, 15) is 4.39 Å². The Bertz CT molecular complexity index is 383. The minimum atomic E-state index is -0.280. The van der Waals surface area contributed by atoms with Crippen molar-refractivity contribution in [1.29, 1.82) is 0 Å². The van der Waals surface area contributed by atoms with E-state index < -0.39 is 0 Å². The highest BCUT2D eigenvalue weighted by Crippen LogP contribution is 2.19. The molecule has 1 aliphatic heterocycles. The highest BCUT2D eigenvalue weighted by molar-refractivity contribution is 5.23. The topological polar surface area (TPSA) is 58.7 Å². The van der Waals surface area contributed by atoms with Gasteiger partial charge in [0.25, 0.3) is 0 Å². The van der Waals surface area contributed by atoms with E-state index in [1.807, 2.05) is 0 Å². The lowest BCUT2D eigenvalue weighted by molar-refractivity contribution is 0.0173. The Morgan fingerprint density at radius 1 is 1.50 bits per heavy atom. The SMILES string of the molecule is NC(CO)CCN1CC(Oc2cccc(F)c2)C1. The lowest BCUT2D eigenvalue weighted by atomic mass is 10.1. The van der Waals surface area contributed by atoms with Gasteiger partial charge in [-0.1, -0.05) is 6.07 Å². The quantitative estimate of drug-likeness (QED) is 0.780. The van der Waals surface area contributed by atoms with E-state index in [1.165, 1.54) is 12.1 Å². The second kappa shape index (κ2) is 6.13. The molecule has 0 spiro atoms. The molecule has 18 heavy (non-hydrogen) atoms. The molecule has 100 valence electrons. The average Bonchev–Trinajstić information content (AvgIpc) is 2.31. The van der Waals surface area contributed by atoms with Gasteiger partial charge in [0.05, 0.1) is 6.61 Å². The van der Waals surface area contributed by atoms with Gasteiger partial charge in [0.2, 0.25) is 0 Å². The predicted molar refractivity (Wildman–Crippen MR) is 66.9 cm³/mol. The van der Waals surface area contributed by atoms with E-state index in [0.717, 1.165) is 26.1 Å². The molecule has 1 heterocycles. The number of aliphatic hydroxyl groups excluding tert-OH is 1. The molecule has 4 nitrogen and oxygen atoms in total. The molecule has 0 bridgehead atoms. The summed E-state index contributed by atoms with van der Waals surface area (Å²) in [5, 5.41) is 8.81. The Hall–Kier alpha value is -1.17. The number of halogens is 1. The van der Waals surface area contributed by atoms with Gasteiger partial charge < -0.3 is 15.6 Å². The summed E-state index contributed by atoms with van der Waals surface area (Å²) in [6.45, 7) is 2.55. The fourth-order valence-corrected chi connectivity index (χ4v) is 1.95. The molecule has 3 N–H and O–H groups in total. The summed E-state index contributed by atoms with van der Waals surface area (Å²) in [4.78, 5) is 2.21. The third kappa shape index (κ3) is 3.66. The van der Waals surface area contributed by atoms with Crippen molar-refractivity contribution in [3.63, 3.8) is 0 Å². The Balaban J connectivity index is 1.67. The van der Waals surface area contributed by atoms with Gasteiger partial charge in [-0.15, -0.1) is 0 Å². The zero-order chi connectivity index (χ0) is 13.0. The van der Waals surface area contributed by atoms with Crippen molar-refractivity contribution in [1.82, 2.24) is 4.90 Å². The summed E-state index contributed by atoms with van der Waals surface area (Å²) in [5.74, 6) is 0.296. The van der Waals surface area contributed by atoms with Crippen molar-refractivity contribution in [2.24, 2.45) is 5.73 Å². The third-order valence-electron chi connectivity index (χ3n) is 3.07. The van der Waals surface area contributed by atoms with Gasteiger partial charge in [0.15, 0.2) is 0 Å². The van der Waals surface area contributed by atoms with Crippen LogP contribution >= 0.6 is 0 Å². The van der Waals surface area contributed by atoms with Crippen molar-refractivity contribution in [2.45, 2.75) is 18.6 Å². The number of hydrogen-bond acceptors (Lipinski definition) is 4. The van der Waals surface area contributed by atoms with E-state index in [2.05, 4.69) is 4.90 Å². The molecule has 2 rings (SSSR count). The first-order valence-corrected chi connectivity index (χ1v) is 6.18. The lowest BCUT2D eigenvalue weighted by Gasteiger charge is -2.39. The first-order chi connectivity index (χ1) is 8.67. The summed E-state index contributed by atoms with van der Waals surface area (Å²) in [5.41, 5.74) is 5.63. The lowest BCUT2D eigenvalue weighted by Crippen LogP contribution is -2.54. The van der Waals surface area contributed by atoms with Crippen LogP contribution in [0.2, 0.25) is 0 Å². The van der Waals surface area contributed by atoms with Crippen LogP contribution in [0.5, 0.6) is 5.75 Å². The first kappa shape index (κ1) is 13.3. The molecule has 1 unspecified atom stereocenters. The second-order valence-electron chi connectivity index (χ2n) is 4.69. The van der Waals surface area contributed by atoms with E-state index in [0.29, 0.717) is 5.75 Å². The number of benzene rings is 1. The van der Waals surface area contributed by atoms with Crippen molar-refractivity contribution in [3.05, 3.63) is 30.1 Å². The average molecular weight is 254 g/mol. The zero-order valence-electron chi connectivity index (χ0n) is 10.3. The molecular weight excluding hydrogens is 235 g/mol. The van der Waals surface area contributed by atoms with Crippen LogP contribution in [0, 0.1) is 5.82 Å². The van der Waals surface area contributed by atoms with Crippen LogP contribution in [0.1, 0.15) is 6.42 Å². The van der Waals surface area contributed by atoms with Crippen molar-refractivity contribution in [3.8, 4) is 5.75 Å². The summed E-state index contributed by atoms with van der Waals surface area (Å²) < 4.78 is 18.6. The van der Waals surface area contributed by atoms with Gasteiger partial charge in [-0.25, -0.2) is 4.39 Å². The summed E-state index contributed by atoms with van der Waals surface area (Å²) >= 11 is 0. The molecule has 1 aromatic carbocycles. The maximum absolute atomic E-state index is 12.9. The normalized spacial score (nSPS) is 18.4. The number of nitrogens with zero attached hydrogens (tertiary/aromatic N) is 1. The van der Waals surface area contributed by atoms with E-state index >= 15 is 0 Å². The van der Waals surface area contributed by atoms with Gasteiger partial charge in [-0.05, 0) is 18.6 Å². The monoisotopic (exact) mass is 254 g/mol. The predicted octanol–water partition coefficient (Wildman–Crippen LogP) is 0.598. The molecule has 0 aromatic heterocycles. The van der Waals surface area contributed by atoms with E-state index in [4.69, 9.17) is 15.6 Å². The Kier molecular flexibility index (Phi) is 4.52. The molecule has 5 heteroatoms. The maximum atomic E-state index is 12.9. The number of nitrogens with two attached hydrogens (primary N) is 1. The standard InChI is InChI=1S/C13H19FN2O2/c14-10-2-1-3-12(6-10)18-13-7-16(8-13)5-4-11(15)9-17/h1-3,6,11,13,17H,4-5,7-9,15H2. The number of rotatable bonds is 6. The molecule has 1 atom stereocenters. The summed E-state index contributed by atoms with van der Waals surface area (Å²) in [7, 11) is 0. The molecule has 0 amide bonds. The molecule has 0 saturated carbocycles. The molecule has 0 radical (unpaired) electrons. The molecule has 1 saturated heterocycles. The number of ether oxygens (including phenoxy) is 1. The van der Waals surface area contributed by atoms with Gasteiger partial charge in [-0.2, -0.15) is 0 Å². The number of hydrogen-bond donors (Lipinski definition) is 2. The van der Waals surface area contributed by atoms with Crippen LogP contribution in [0.3, 0.4) is 0 Å². The van der Waals surface area contributed by atoms with Crippen LogP contribution in [-0.4, -0.2) is 48.4 Å². The molecule has 1 aliphatic rings. The van der Waals surface area contributed by atoms with Gasteiger partial charge in [0.1, 0.15) is 17.7 Å². The van der Waals surface area contributed by atoms with Crippen molar-refractivity contribution < 1.29 is 14.2 Å². The van der Waals surface area contributed by atoms with Crippen LogP contribution < -0.4 is 10.5 Å². The molecular formula is C13H19FN2O2. The van der Waals surface area contributed by atoms with E-state index in [1.54, 1.807) is 12.1 Å². The number of likely N-dealkylation sites (tertiary alicyclic amines) is 1. The van der Waals surface area contributed by atoms with Crippen molar-refractivity contribution >= 4 is 0 Å². The second-order valence-corrected chi connectivity index (χ2v) is 4.69. The fourth-order valence-electron chi connectivity index (χ4n) is 1.95. The minimum Gasteiger partial charge on any atom is -0.488 e. The summed E-state index contributed by atoms with van der Waals surface area (Å²) in [6.07, 6.45) is 0.903. The van der Waals surface area contributed by atoms with E-state index in [-0.39, 0.29) is 24.6 Å². The molecule has 1 aromatic rings. The summed E-state index contributed by atoms with van der Waals surface area (Å²) in [6, 6.07) is 6.04. The van der Waals surface area contributed by atoms with Gasteiger partial charge >= 0.3 is 0 Å². The highest BCUT2D eigenvalue weighted by Gasteiger charge is 2.28. The van der Waals surface area contributed by atoms with Crippen molar-refractivity contribution in [2.75, 3.05) is 26.2 Å². The Labute approximate surface area is 106 Å². The van der Waals surface area contributed by atoms with Crippen LogP contribution in [0.4, 0.5) is 4.39 Å². The molecule has 1 fully saturated rings. The fraction of sp³-hybridized carbons (Fsp3) is 0.538. The minimum absolute atomic E-state index is 0.0249. The van der Waals surface area contributed by atoms with Gasteiger partial charge in [-0.3, -0.25) is 4.90 Å². The number of aliphatic hydroxyl groups is 1. The third-order valence-corrected chi connectivity index (χ3v) is 3.07. The largest absolute Gasteiger partial charge is 0.488 e. The first-order valence-electron chi connectivity index (χ1n) is 6.18. The Morgan fingerprint density at radius 2 is 2.28 bits per heavy atom. The highest BCUT2D eigenvalue weighted by atomic mass is 19.1. The van der Waals surface area contributed by atoms with Crippen LogP contribution in [-0.2, 0) is 0 Å². The Morgan fingerprint density at radius 3 is 2.94 bits per heavy atom. The van der Waals surface area contributed by atoms with Crippen LogP contribution in [0.15, 0.2) is 24.3 Å². The maximum Gasteiger partial charge on any atom is 0.126 e. The smallest absolute Gasteiger partial charge is 0.126 e.